The van der Waals surface area contributed by atoms with Crippen LogP contribution in [0.4, 0.5) is 13.2 Å². The van der Waals surface area contributed by atoms with E-state index in [2.05, 4.69) is 17.1 Å². The van der Waals surface area contributed by atoms with Crippen LogP contribution in [0.5, 0.6) is 0 Å². The van der Waals surface area contributed by atoms with Crippen LogP contribution in [0.15, 0.2) is 12.3 Å². The van der Waals surface area contributed by atoms with Gasteiger partial charge < -0.3 is 0 Å². The molecular weight excluding hydrogens is 243 g/mol. The minimum absolute atomic E-state index is 0.0691. The molecule has 0 bridgehead atoms. The Kier molecular flexibility index (Phi) is 2.36. The summed E-state index contributed by atoms with van der Waals surface area (Å²) >= 11 is 0. The molecule has 0 unspecified atom stereocenters. The molecule has 0 amide bonds. The van der Waals surface area contributed by atoms with Gasteiger partial charge in [-0.05, 0) is 37.3 Å². The van der Waals surface area contributed by atoms with Gasteiger partial charge in [-0.25, -0.2) is 0 Å². The van der Waals surface area contributed by atoms with Gasteiger partial charge in [-0.3, -0.25) is 4.40 Å². The normalized spacial score (nSPS) is 16.4. The lowest BCUT2D eigenvalue weighted by Gasteiger charge is -2.11. The van der Waals surface area contributed by atoms with Crippen LogP contribution in [0, 0.1) is 12.8 Å². The maximum Gasteiger partial charge on any atom is 0.420 e. The minimum Gasteiger partial charge on any atom is -0.286 e. The van der Waals surface area contributed by atoms with Crippen molar-refractivity contribution in [2.24, 2.45) is 5.92 Å². The van der Waals surface area contributed by atoms with Crippen molar-refractivity contribution in [3.8, 4) is 0 Å². The molecule has 3 rings (SSSR count). The van der Waals surface area contributed by atoms with Crippen molar-refractivity contribution in [2.45, 2.75) is 25.4 Å². The van der Waals surface area contributed by atoms with Gasteiger partial charge in [0.15, 0.2) is 5.65 Å². The second kappa shape index (κ2) is 3.70. The third-order valence-electron chi connectivity index (χ3n) is 3.19. The highest BCUT2D eigenvalue weighted by Gasteiger charge is 2.36. The van der Waals surface area contributed by atoms with Crippen LogP contribution in [0.2, 0.25) is 0 Å². The lowest BCUT2D eigenvalue weighted by Crippen LogP contribution is -2.11. The standard InChI is InChI=1S/C12H11F3N3/c1-7-4-5-18-9(6-8-2-3-8)16-17-11(18)10(7)12(13,14)15/h4-5,8H,1-3,6H2. The highest BCUT2D eigenvalue weighted by Crippen LogP contribution is 2.36. The summed E-state index contributed by atoms with van der Waals surface area (Å²) in [5, 5.41) is 7.56. The van der Waals surface area contributed by atoms with E-state index in [1.165, 1.54) is 10.5 Å². The summed E-state index contributed by atoms with van der Waals surface area (Å²) < 4.78 is 40.3. The van der Waals surface area contributed by atoms with Crippen molar-refractivity contribution >= 4 is 5.65 Å². The fourth-order valence-corrected chi connectivity index (χ4v) is 2.07. The molecule has 1 radical (unpaired) electrons. The van der Waals surface area contributed by atoms with Crippen molar-refractivity contribution in [1.82, 2.24) is 14.6 Å². The Bertz CT molecular complexity index is 596. The van der Waals surface area contributed by atoms with Crippen LogP contribution in [0.25, 0.3) is 5.65 Å². The molecule has 0 aliphatic heterocycles. The lowest BCUT2D eigenvalue weighted by atomic mass is 10.1. The number of rotatable bonds is 2. The first-order valence-electron chi connectivity index (χ1n) is 5.72. The molecule has 0 N–H and O–H groups in total. The second-order valence-electron chi connectivity index (χ2n) is 4.67. The van der Waals surface area contributed by atoms with Gasteiger partial charge in [0.1, 0.15) is 11.4 Å². The SMILES string of the molecule is [CH2]c1ccn2c(CC3CC3)nnc2c1C(F)(F)F. The Hall–Kier alpha value is -1.59. The third kappa shape index (κ3) is 1.85. The van der Waals surface area contributed by atoms with Gasteiger partial charge in [-0.1, -0.05) is 0 Å². The van der Waals surface area contributed by atoms with E-state index >= 15 is 0 Å². The Labute approximate surface area is 102 Å². The lowest BCUT2D eigenvalue weighted by molar-refractivity contribution is -0.136. The van der Waals surface area contributed by atoms with Gasteiger partial charge in [0.2, 0.25) is 0 Å². The van der Waals surface area contributed by atoms with Gasteiger partial charge in [0.25, 0.3) is 0 Å². The first-order valence-corrected chi connectivity index (χ1v) is 5.72. The van der Waals surface area contributed by atoms with Crippen LogP contribution in [0.1, 0.15) is 29.8 Å². The zero-order valence-corrected chi connectivity index (χ0v) is 9.54. The van der Waals surface area contributed by atoms with Crippen LogP contribution in [-0.2, 0) is 12.6 Å². The Balaban J connectivity index is 2.16. The van der Waals surface area contributed by atoms with Crippen molar-refractivity contribution < 1.29 is 13.2 Å². The topological polar surface area (TPSA) is 30.2 Å². The van der Waals surface area contributed by atoms with Gasteiger partial charge in [-0.15, -0.1) is 10.2 Å². The van der Waals surface area contributed by atoms with E-state index < -0.39 is 11.7 Å². The average molecular weight is 254 g/mol. The summed E-state index contributed by atoms with van der Waals surface area (Å²) in [7, 11) is 0. The van der Waals surface area contributed by atoms with Crippen molar-refractivity contribution in [3.05, 3.63) is 36.1 Å². The molecule has 0 atom stereocenters. The number of hydrogen-bond donors (Lipinski definition) is 0. The summed E-state index contributed by atoms with van der Waals surface area (Å²) in [5.74, 6) is 1.14. The summed E-state index contributed by atoms with van der Waals surface area (Å²) in [5.41, 5.74) is -1.01. The molecule has 6 heteroatoms. The van der Waals surface area contributed by atoms with Crippen LogP contribution >= 0.6 is 0 Å². The fraction of sp³-hybridized carbons (Fsp3) is 0.417. The molecule has 2 aromatic heterocycles. The fourth-order valence-electron chi connectivity index (χ4n) is 2.07. The summed E-state index contributed by atoms with van der Waals surface area (Å²) in [6, 6.07) is 1.36. The van der Waals surface area contributed by atoms with Gasteiger partial charge in [0.05, 0.1) is 0 Å². The van der Waals surface area contributed by atoms with Crippen molar-refractivity contribution in [2.75, 3.05) is 0 Å². The second-order valence-corrected chi connectivity index (χ2v) is 4.67. The van der Waals surface area contributed by atoms with Gasteiger partial charge >= 0.3 is 6.18 Å². The Morgan fingerprint density at radius 3 is 2.67 bits per heavy atom. The summed E-state index contributed by atoms with van der Waals surface area (Å²) in [6.07, 6.45) is 0.0337. The van der Waals surface area contributed by atoms with Gasteiger partial charge in [-0.2, -0.15) is 13.2 Å². The number of aromatic nitrogens is 3. The molecule has 1 fully saturated rings. The van der Waals surface area contributed by atoms with Crippen LogP contribution < -0.4 is 0 Å². The molecular formula is C12H11F3N3. The molecule has 95 valence electrons. The van der Waals surface area contributed by atoms with Crippen molar-refractivity contribution in [1.29, 1.82) is 0 Å². The Morgan fingerprint density at radius 2 is 2.06 bits per heavy atom. The zero-order valence-electron chi connectivity index (χ0n) is 9.54. The zero-order chi connectivity index (χ0) is 12.9. The first kappa shape index (κ1) is 11.5. The number of pyridine rings is 1. The predicted octanol–water partition coefficient (Wildman–Crippen LogP) is 2.88. The summed E-state index contributed by atoms with van der Waals surface area (Å²) in [4.78, 5) is 0. The highest BCUT2D eigenvalue weighted by molar-refractivity contribution is 5.54. The van der Waals surface area contributed by atoms with E-state index in [1.807, 2.05) is 0 Å². The van der Waals surface area contributed by atoms with E-state index in [4.69, 9.17) is 0 Å². The molecule has 0 spiro atoms. The molecule has 2 aromatic rings. The van der Waals surface area contributed by atoms with Gasteiger partial charge in [0, 0.05) is 12.6 Å². The maximum absolute atomic E-state index is 12.9. The first-order chi connectivity index (χ1) is 8.47. The summed E-state index contributed by atoms with van der Waals surface area (Å²) in [6.45, 7) is 3.42. The molecule has 1 aliphatic rings. The quantitative estimate of drug-likeness (QED) is 0.824. The average Bonchev–Trinajstić information content (AvgIpc) is 2.98. The third-order valence-corrected chi connectivity index (χ3v) is 3.19. The van der Waals surface area contributed by atoms with Crippen molar-refractivity contribution in [3.63, 3.8) is 0 Å². The smallest absolute Gasteiger partial charge is 0.286 e. The largest absolute Gasteiger partial charge is 0.420 e. The number of alkyl halides is 3. The molecule has 3 nitrogen and oxygen atoms in total. The number of hydrogen-bond acceptors (Lipinski definition) is 2. The van der Waals surface area contributed by atoms with E-state index in [-0.39, 0.29) is 11.2 Å². The molecule has 1 saturated carbocycles. The molecule has 1 aliphatic carbocycles. The van der Waals surface area contributed by atoms with E-state index in [0.29, 0.717) is 18.2 Å². The molecule has 0 aromatic carbocycles. The molecule has 18 heavy (non-hydrogen) atoms. The number of halogens is 3. The monoisotopic (exact) mass is 254 g/mol. The molecule has 0 saturated heterocycles. The highest BCUT2D eigenvalue weighted by atomic mass is 19.4. The number of nitrogens with zero attached hydrogens (tertiary/aromatic N) is 3. The minimum atomic E-state index is -4.45. The predicted molar refractivity (Wildman–Crippen MR) is 58.9 cm³/mol. The van der Waals surface area contributed by atoms with E-state index in [0.717, 1.165) is 12.8 Å². The van der Waals surface area contributed by atoms with Crippen LogP contribution in [0.3, 0.4) is 0 Å². The van der Waals surface area contributed by atoms with Crippen LogP contribution in [-0.4, -0.2) is 14.6 Å². The number of fused-ring (bicyclic) bond motifs is 1. The van der Waals surface area contributed by atoms with E-state index in [1.54, 1.807) is 6.20 Å². The molecule has 2 heterocycles. The Morgan fingerprint density at radius 1 is 1.33 bits per heavy atom. The van der Waals surface area contributed by atoms with E-state index in [9.17, 15) is 13.2 Å². The maximum atomic E-state index is 12.9.